The fourth-order valence-electron chi connectivity index (χ4n) is 4.32. The predicted molar refractivity (Wildman–Crippen MR) is 136 cm³/mol. The highest BCUT2D eigenvalue weighted by molar-refractivity contribution is 6.33. The lowest BCUT2D eigenvalue weighted by molar-refractivity contribution is -0.141. The molecule has 0 saturated heterocycles. The highest BCUT2D eigenvalue weighted by atomic mass is 35.5. The van der Waals surface area contributed by atoms with Gasteiger partial charge in [-0.2, -0.15) is 0 Å². The van der Waals surface area contributed by atoms with Gasteiger partial charge in [0.25, 0.3) is 5.91 Å². The van der Waals surface area contributed by atoms with Gasteiger partial charge in [-0.25, -0.2) is 9.78 Å². The molecule has 0 aliphatic carbocycles. The van der Waals surface area contributed by atoms with Gasteiger partial charge >= 0.3 is 5.97 Å². The molecule has 1 aromatic heterocycles. The second-order valence-electron chi connectivity index (χ2n) is 8.41. The third-order valence-corrected chi connectivity index (χ3v) is 6.57. The summed E-state index contributed by atoms with van der Waals surface area (Å²) in [4.78, 5) is 33.7. The lowest BCUT2D eigenvalue weighted by atomic mass is 9.95. The number of carboxylic acid groups (broad SMARTS) is 1. The zero-order valence-corrected chi connectivity index (χ0v) is 19.7. The Balaban J connectivity index is 1.43. The van der Waals surface area contributed by atoms with Crippen LogP contribution in [0.1, 0.15) is 22.8 Å². The van der Waals surface area contributed by atoms with Crippen LogP contribution in [0.4, 0.5) is 11.4 Å². The molecule has 1 amide bonds. The second kappa shape index (κ2) is 9.27. The van der Waals surface area contributed by atoms with Crippen molar-refractivity contribution in [2.24, 2.45) is 0 Å². The number of imidazole rings is 1. The van der Waals surface area contributed by atoms with E-state index in [0.717, 1.165) is 33.8 Å². The number of aromatic amines is 1. The molecular formula is C27H23ClN4O3. The lowest BCUT2D eigenvalue weighted by Crippen LogP contribution is -2.47. The van der Waals surface area contributed by atoms with Gasteiger partial charge in [0.1, 0.15) is 11.9 Å². The number of nitrogens with one attached hydrogen (secondary N) is 2. The summed E-state index contributed by atoms with van der Waals surface area (Å²) >= 11 is 6.51. The number of carbonyl (C=O) groups excluding carboxylic acids is 1. The van der Waals surface area contributed by atoms with Crippen LogP contribution in [0, 0.1) is 0 Å². The van der Waals surface area contributed by atoms with Crippen molar-refractivity contribution in [3.63, 3.8) is 0 Å². The highest BCUT2D eigenvalue weighted by Crippen LogP contribution is 2.34. The molecule has 0 fully saturated rings. The summed E-state index contributed by atoms with van der Waals surface area (Å²) in [6.45, 7) is 1.87. The first kappa shape index (κ1) is 22.7. The number of anilines is 2. The molecule has 7 nitrogen and oxygen atoms in total. The van der Waals surface area contributed by atoms with E-state index < -0.39 is 12.0 Å². The Labute approximate surface area is 207 Å². The van der Waals surface area contributed by atoms with Gasteiger partial charge in [-0.05, 0) is 49.2 Å². The van der Waals surface area contributed by atoms with Crippen LogP contribution in [0.5, 0.6) is 0 Å². The quantitative estimate of drug-likeness (QED) is 0.329. The Morgan fingerprint density at radius 2 is 1.91 bits per heavy atom. The summed E-state index contributed by atoms with van der Waals surface area (Å²) < 4.78 is 0. The minimum atomic E-state index is -1.02. The first-order chi connectivity index (χ1) is 16.9. The van der Waals surface area contributed by atoms with Gasteiger partial charge in [0.15, 0.2) is 0 Å². The number of rotatable bonds is 6. The number of hydrogen-bond donors (Lipinski definition) is 3. The number of aliphatic carboxylic acids is 1. The average Bonchev–Trinajstić information content (AvgIpc) is 3.36. The standard InChI is InChI=1S/C27H23ClN4O3/c1-16(27(34)35)32-13-12-19-20(26(32)33)8-5-9-23(19)30-18-10-11-22(28)21(14-18)25-29-15-24(31-25)17-6-3-2-4-7-17/h2-11,14-16,30H,12-13H2,1H3,(H,29,31)(H,34,35). The van der Waals surface area contributed by atoms with Gasteiger partial charge in [-0.1, -0.05) is 48.0 Å². The van der Waals surface area contributed by atoms with E-state index in [-0.39, 0.29) is 5.91 Å². The van der Waals surface area contributed by atoms with Crippen molar-refractivity contribution >= 4 is 34.9 Å². The maximum absolute atomic E-state index is 13.0. The highest BCUT2D eigenvalue weighted by Gasteiger charge is 2.32. The number of nitrogens with zero attached hydrogens (tertiary/aromatic N) is 2. The van der Waals surface area contributed by atoms with Gasteiger partial charge in [0.05, 0.1) is 10.7 Å². The van der Waals surface area contributed by atoms with E-state index in [9.17, 15) is 14.7 Å². The number of hydrogen-bond acceptors (Lipinski definition) is 4. The molecule has 5 rings (SSSR count). The zero-order valence-electron chi connectivity index (χ0n) is 19.0. The van der Waals surface area contributed by atoms with Crippen LogP contribution in [0.25, 0.3) is 22.6 Å². The summed E-state index contributed by atoms with van der Waals surface area (Å²) in [5, 5.41) is 13.3. The summed E-state index contributed by atoms with van der Waals surface area (Å²) in [6.07, 6.45) is 2.41. The number of H-pyrrole nitrogens is 1. The van der Waals surface area contributed by atoms with Gasteiger partial charge in [0, 0.05) is 40.8 Å². The van der Waals surface area contributed by atoms with E-state index in [2.05, 4.69) is 10.3 Å². The van der Waals surface area contributed by atoms with Crippen LogP contribution in [-0.4, -0.2) is 44.4 Å². The molecule has 0 bridgehead atoms. The van der Waals surface area contributed by atoms with Crippen LogP contribution in [0.2, 0.25) is 5.02 Å². The molecule has 1 atom stereocenters. The van der Waals surface area contributed by atoms with Crippen molar-refractivity contribution in [3.8, 4) is 22.6 Å². The van der Waals surface area contributed by atoms with E-state index in [4.69, 9.17) is 16.6 Å². The third-order valence-electron chi connectivity index (χ3n) is 6.24. The molecule has 0 spiro atoms. The Bertz CT molecular complexity index is 1420. The monoisotopic (exact) mass is 486 g/mol. The molecule has 1 aliphatic heterocycles. The predicted octanol–water partition coefficient (Wildman–Crippen LogP) is 5.61. The summed E-state index contributed by atoms with van der Waals surface area (Å²) in [6, 6.07) is 20.1. The minimum absolute atomic E-state index is 0.273. The molecule has 8 heteroatoms. The number of amides is 1. The molecule has 3 N–H and O–H groups in total. The number of benzene rings is 3. The fourth-order valence-corrected chi connectivity index (χ4v) is 4.53. The Hall–Kier alpha value is -4.10. The van der Waals surface area contributed by atoms with E-state index in [0.29, 0.717) is 29.4 Å². The molecule has 0 radical (unpaired) electrons. The van der Waals surface area contributed by atoms with E-state index in [1.165, 1.54) is 11.8 Å². The SMILES string of the molecule is CC(C(=O)O)N1CCc2c(Nc3ccc(Cl)c(-c4nc(-c5ccccc5)c[nH]4)c3)cccc2C1=O. The van der Waals surface area contributed by atoms with Crippen molar-refractivity contribution in [2.45, 2.75) is 19.4 Å². The molecule has 176 valence electrons. The van der Waals surface area contributed by atoms with E-state index >= 15 is 0 Å². The first-order valence-electron chi connectivity index (χ1n) is 11.3. The van der Waals surface area contributed by atoms with Gasteiger partial charge < -0.3 is 20.3 Å². The molecule has 1 aliphatic rings. The Kier molecular flexibility index (Phi) is 6.01. The molecule has 4 aromatic rings. The maximum atomic E-state index is 13.0. The fraction of sp³-hybridized carbons (Fsp3) is 0.148. The third kappa shape index (κ3) is 4.38. The molecule has 3 aromatic carbocycles. The zero-order chi connectivity index (χ0) is 24.5. The summed E-state index contributed by atoms with van der Waals surface area (Å²) in [5.41, 5.74) is 5.56. The summed E-state index contributed by atoms with van der Waals surface area (Å²) in [7, 11) is 0. The van der Waals surface area contributed by atoms with Gasteiger partial charge in [0.2, 0.25) is 0 Å². The minimum Gasteiger partial charge on any atom is -0.480 e. The number of aromatic nitrogens is 2. The Morgan fingerprint density at radius 1 is 1.11 bits per heavy atom. The molecule has 1 unspecified atom stereocenters. The van der Waals surface area contributed by atoms with Crippen LogP contribution in [0.3, 0.4) is 0 Å². The number of carboxylic acids is 1. The van der Waals surface area contributed by atoms with Crippen LogP contribution in [-0.2, 0) is 11.2 Å². The number of fused-ring (bicyclic) bond motifs is 1. The second-order valence-corrected chi connectivity index (χ2v) is 8.82. The molecule has 2 heterocycles. The molecule has 0 saturated carbocycles. The topological polar surface area (TPSA) is 98.3 Å². The maximum Gasteiger partial charge on any atom is 0.326 e. The van der Waals surface area contributed by atoms with Crippen molar-refractivity contribution in [1.29, 1.82) is 0 Å². The van der Waals surface area contributed by atoms with Crippen molar-refractivity contribution < 1.29 is 14.7 Å². The lowest BCUT2D eigenvalue weighted by Gasteiger charge is -2.32. The van der Waals surface area contributed by atoms with E-state index in [1.807, 2.05) is 54.7 Å². The van der Waals surface area contributed by atoms with E-state index in [1.54, 1.807) is 18.2 Å². The van der Waals surface area contributed by atoms with Crippen LogP contribution in [0.15, 0.2) is 72.9 Å². The van der Waals surface area contributed by atoms with Gasteiger partial charge in [-0.15, -0.1) is 0 Å². The van der Waals surface area contributed by atoms with Crippen molar-refractivity contribution in [2.75, 3.05) is 11.9 Å². The average molecular weight is 487 g/mol. The first-order valence-corrected chi connectivity index (χ1v) is 11.6. The van der Waals surface area contributed by atoms with Crippen LogP contribution >= 0.6 is 11.6 Å². The summed E-state index contributed by atoms with van der Waals surface area (Å²) in [5.74, 6) is -0.634. The largest absolute Gasteiger partial charge is 0.480 e. The Morgan fingerprint density at radius 3 is 2.69 bits per heavy atom. The van der Waals surface area contributed by atoms with Gasteiger partial charge in [-0.3, -0.25) is 4.79 Å². The normalized spacial score (nSPS) is 13.9. The van der Waals surface area contributed by atoms with Crippen LogP contribution < -0.4 is 5.32 Å². The number of halogens is 1. The van der Waals surface area contributed by atoms with Crippen molar-refractivity contribution in [1.82, 2.24) is 14.9 Å². The number of carbonyl (C=O) groups is 2. The van der Waals surface area contributed by atoms with Crippen molar-refractivity contribution in [3.05, 3.63) is 89.1 Å². The smallest absolute Gasteiger partial charge is 0.326 e. The molecule has 35 heavy (non-hydrogen) atoms. The molecular weight excluding hydrogens is 464 g/mol.